The topological polar surface area (TPSA) is 91.1 Å². The second-order valence-corrected chi connectivity index (χ2v) is 5.55. The molecule has 0 bridgehead atoms. The van der Waals surface area contributed by atoms with Gasteiger partial charge in [-0.05, 0) is 24.5 Å². The van der Waals surface area contributed by atoms with E-state index in [9.17, 15) is 10.4 Å². The van der Waals surface area contributed by atoms with Crippen LogP contribution in [0.4, 0.5) is 5.95 Å². The Kier molecular flexibility index (Phi) is 2.86. The molecule has 0 saturated heterocycles. The van der Waals surface area contributed by atoms with Gasteiger partial charge in [0.25, 0.3) is 0 Å². The zero-order valence-corrected chi connectivity index (χ0v) is 11.8. The van der Waals surface area contributed by atoms with Crippen LogP contribution in [-0.4, -0.2) is 27.7 Å². The third-order valence-corrected chi connectivity index (χ3v) is 3.88. The van der Waals surface area contributed by atoms with Gasteiger partial charge in [-0.25, -0.2) is 4.98 Å². The molecule has 1 aliphatic carbocycles. The number of nitrogens with one attached hydrogen (secondary N) is 1. The number of anilines is 1. The molecule has 1 fully saturated rings. The molecule has 2 aromatic rings. The van der Waals surface area contributed by atoms with Crippen molar-refractivity contribution < 1.29 is 9.84 Å². The first-order valence-corrected chi connectivity index (χ1v) is 7.28. The van der Waals surface area contributed by atoms with Gasteiger partial charge >= 0.3 is 0 Å². The maximum atomic E-state index is 10.0. The highest BCUT2D eigenvalue weighted by atomic mass is 16.5. The fourth-order valence-electron chi connectivity index (χ4n) is 2.55. The minimum atomic E-state index is -0.294. The maximum Gasteiger partial charge on any atom is 0.234 e. The Balaban J connectivity index is 1.81. The van der Waals surface area contributed by atoms with Gasteiger partial charge < -0.3 is 15.2 Å². The molecule has 0 amide bonds. The average Bonchev–Trinajstić information content (AvgIpc) is 3.20. The van der Waals surface area contributed by atoms with E-state index in [1.165, 1.54) is 0 Å². The normalized spacial score (nSPS) is 15.8. The SMILES string of the molecule is N#Cc1c(O)nc(NC2CC2)nc1-c1ccc2c(c1)OCC2. The van der Waals surface area contributed by atoms with Crippen LogP contribution in [0.25, 0.3) is 11.3 Å². The quantitative estimate of drug-likeness (QED) is 0.902. The van der Waals surface area contributed by atoms with Gasteiger partial charge in [-0.15, -0.1) is 0 Å². The van der Waals surface area contributed by atoms with Crippen LogP contribution in [0.15, 0.2) is 18.2 Å². The summed E-state index contributed by atoms with van der Waals surface area (Å²) in [6, 6.07) is 8.09. The van der Waals surface area contributed by atoms with Crippen LogP contribution in [0.5, 0.6) is 11.6 Å². The third-order valence-electron chi connectivity index (χ3n) is 3.88. The molecule has 110 valence electrons. The number of benzene rings is 1. The van der Waals surface area contributed by atoms with E-state index in [1.54, 1.807) is 0 Å². The molecule has 6 nitrogen and oxygen atoms in total. The van der Waals surface area contributed by atoms with Gasteiger partial charge in [0, 0.05) is 18.0 Å². The minimum Gasteiger partial charge on any atom is -0.493 e. The van der Waals surface area contributed by atoms with Crippen molar-refractivity contribution in [3.63, 3.8) is 0 Å². The average molecular weight is 294 g/mol. The van der Waals surface area contributed by atoms with Gasteiger partial charge in [0.15, 0.2) is 0 Å². The number of rotatable bonds is 3. The van der Waals surface area contributed by atoms with Gasteiger partial charge in [-0.2, -0.15) is 10.2 Å². The molecule has 0 atom stereocenters. The summed E-state index contributed by atoms with van der Waals surface area (Å²) in [5.41, 5.74) is 2.40. The number of hydrogen-bond acceptors (Lipinski definition) is 6. The molecule has 1 aromatic heterocycles. The summed E-state index contributed by atoms with van der Waals surface area (Å²) in [6.45, 7) is 0.674. The Morgan fingerprint density at radius 1 is 1.32 bits per heavy atom. The summed E-state index contributed by atoms with van der Waals surface area (Å²) in [5.74, 6) is 0.878. The van der Waals surface area contributed by atoms with Crippen molar-refractivity contribution in [2.24, 2.45) is 0 Å². The van der Waals surface area contributed by atoms with E-state index in [0.29, 0.717) is 24.3 Å². The van der Waals surface area contributed by atoms with Crippen molar-refractivity contribution in [3.8, 4) is 29.0 Å². The van der Waals surface area contributed by atoms with Crippen molar-refractivity contribution in [1.82, 2.24) is 9.97 Å². The molecule has 4 rings (SSSR count). The predicted molar refractivity (Wildman–Crippen MR) is 79.7 cm³/mol. The van der Waals surface area contributed by atoms with Crippen LogP contribution in [0.2, 0.25) is 0 Å². The highest BCUT2D eigenvalue weighted by Gasteiger charge is 2.24. The van der Waals surface area contributed by atoms with Crippen molar-refractivity contribution in [1.29, 1.82) is 5.26 Å². The smallest absolute Gasteiger partial charge is 0.234 e. The molecule has 2 N–H and O–H groups in total. The Morgan fingerprint density at radius 2 is 2.18 bits per heavy atom. The predicted octanol–water partition coefficient (Wildman–Crippen LogP) is 2.23. The first-order chi connectivity index (χ1) is 10.7. The number of ether oxygens (including phenoxy) is 1. The fraction of sp³-hybridized carbons (Fsp3) is 0.312. The molecule has 2 aliphatic rings. The van der Waals surface area contributed by atoms with Crippen LogP contribution in [0.3, 0.4) is 0 Å². The van der Waals surface area contributed by atoms with E-state index in [-0.39, 0.29) is 11.4 Å². The summed E-state index contributed by atoms with van der Waals surface area (Å²) in [7, 11) is 0. The number of fused-ring (bicyclic) bond motifs is 1. The molecule has 0 radical (unpaired) electrons. The van der Waals surface area contributed by atoms with Crippen LogP contribution in [-0.2, 0) is 6.42 Å². The van der Waals surface area contributed by atoms with Crippen molar-refractivity contribution in [2.75, 3.05) is 11.9 Å². The summed E-state index contributed by atoms with van der Waals surface area (Å²) in [4.78, 5) is 8.38. The summed E-state index contributed by atoms with van der Waals surface area (Å²) in [5, 5.41) is 22.5. The first-order valence-electron chi connectivity index (χ1n) is 7.28. The molecule has 0 spiro atoms. The number of nitrogens with zero attached hydrogens (tertiary/aromatic N) is 3. The lowest BCUT2D eigenvalue weighted by Crippen LogP contribution is -2.07. The summed E-state index contributed by atoms with van der Waals surface area (Å²) in [6.07, 6.45) is 3.04. The zero-order valence-electron chi connectivity index (χ0n) is 11.8. The zero-order chi connectivity index (χ0) is 15.1. The summed E-state index contributed by atoms with van der Waals surface area (Å²) < 4.78 is 5.56. The molecular weight excluding hydrogens is 280 g/mol. The van der Waals surface area contributed by atoms with E-state index < -0.39 is 0 Å². The second kappa shape index (κ2) is 4.88. The molecule has 2 heterocycles. The number of aromatic hydroxyl groups is 1. The van der Waals surface area contributed by atoms with E-state index in [4.69, 9.17) is 4.74 Å². The fourth-order valence-corrected chi connectivity index (χ4v) is 2.55. The lowest BCUT2D eigenvalue weighted by Gasteiger charge is -2.10. The lowest BCUT2D eigenvalue weighted by atomic mass is 10.0. The monoisotopic (exact) mass is 294 g/mol. The summed E-state index contributed by atoms with van der Waals surface area (Å²) >= 11 is 0. The highest BCUT2D eigenvalue weighted by molar-refractivity contribution is 5.72. The Bertz CT molecular complexity index is 793. The Hall–Kier alpha value is -2.81. The van der Waals surface area contributed by atoms with Crippen molar-refractivity contribution >= 4 is 5.95 Å². The first kappa shape index (κ1) is 12.9. The molecule has 1 saturated carbocycles. The van der Waals surface area contributed by atoms with Gasteiger partial charge in [0.2, 0.25) is 11.8 Å². The van der Waals surface area contributed by atoms with Crippen LogP contribution in [0.1, 0.15) is 24.0 Å². The Morgan fingerprint density at radius 3 is 2.95 bits per heavy atom. The largest absolute Gasteiger partial charge is 0.493 e. The number of hydrogen-bond donors (Lipinski definition) is 2. The standard InChI is InChI=1S/C16H14N4O2/c17-8-12-14(10-2-1-9-5-6-22-13(9)7-10)19-16(20-15(12)21)18-11-3-4-11/h1-2,7,11H,3-6H2,(H2,18,19,20,21). The maximum absolute atomic E-state index is 10.0. The Labute approximate surface area is 127 Å². The van der Waals surface area contributed by atoms with Gasteiger partial charge in [-0.3, -0.25) is 0 Å². The van der Waals surface area contributed by atoms with E-state index in [2.05, 4.69) is 15.3 Å². The molecule has 22 heavy (non-hydrogen) atoms. The van der Waals surface area contributed by atoms with Crippen molar-refractivity contribution in [3.05, 3.63) is 29.3 Å². The highest BCUT2D eigenvalue weighted by Crippen LogP contribution is 2.34. The molecule has 6 heteroatoms. The third kappa shape index (κ3) is 2.21. The van der Waals surface area contributed by atoms with Crippen LogP contribution < -0.4 is 10.1 Å². The molecule has 1 aromatic carbocycles. The van der Waals surface area contributed by atoms with E-state index in [0.717, 1.165) is 36.1 Å². The second-order valence-electron chi connectivity index (χ2n) is 5.55. The molecule has 0 unspecified atom stereocenters. The van der Waals surface area contributed by atoms with E-state index in [1.807, 2.05) is 24.3 Å². The van der Waals surface area contributed by atoms with E-state index >= 15 is 0 Å². The van der Waals surface area contributed by atoms with Crippen LogP contribution in [0, 0.1) is 11.3 Å². The number of aromatic nitrogens is 2. The van der Waals surface area contributed by atoms with Gasteiger partial charge in [-0.1, -0.05) is 12.1 Å². The van der Waals surface area contributed by atoms with Crippen molar-refractivity contribution in [2.45, 2.75) is 25.3 Å². The lowest BCUT2D eigenvalue weighted by molar-refractivity contribution is 0.357. The van der Waals surface area contributed by atoms with Crippen LogP contribution >= 0.6 is 0 Å². The molecule has 1 aliphatic heterocycles. The van der Waals surface area contributed by atoms with Gasteiger partial charge in [0.1, 0.15) is 17.4 Å². The van der Waals surface area contributed by atoms with Gasteiger partial charge in [0.05, 0.1) is 12.3 Å². The minimum absolute atomic E-state index is 0.0827. The molecular formula is C16H14N4O2. The number of nitriles is 1.